The first-order chi connectivity index (χ1) is 9.89. The molecule has 2 saturated carbocycles. The van der Waals surface area contributed by atoms with Crippen molar-refractivity contribution in [2.45, 2.75) is 65.7 Å². The predicted octanol–water partition coefficient (Wildman–Crippen LogP) is 5.11. The molecule has 1 nitrogen and oxygen atoms in total. The van der Waals surface area contributed by atoms with Gasteiger partial charge in [-0.15, -0.1) is 6.58 Å². The zero-order chi connectivity index (χ0) is 15.3. The molecule has 0 heterocycles. The Morgan fingerprint density at radius 1 is 1.24 bits per heavy atom. The predicted molar refractivity (Wildman–Crippen MR) is 89.0 cm³/mol. The van der Waals surface area contributed by atoms with Crippen LogP contribution in [0.5, 0.6) is 0 Å². The van der Waals surface area contributed by atoms with Gasteiger partial charge in [0, 0.05) is 6.61 Å². The molecule has 3 aliphatic carbocycles. The molecule has 118 valence electrons. The number of hydrogen-bond acceptors (Lipinski definition) is 1. The normalized spacial score (nSPS) is 49.8. The molecule has 0 aliphatic heterocycles. The van der Waals surface area contributed by atoms with E-state index >= 15 is 0 Å². The van der Waals surface area contributed by atoms with Gasteiger partial charge in [0.1, 0.15) is 0 Å². The Labute approximate surface area is 130 Å². The van der Waals surface area contributed by atoms with Crippen LogP contribution in [0.4, 0.5) is 0 Å². The van der Waals surface area contributed by atoms with Gasteiger partial charge in [-0.3, -0.25) is 0 Å². The Balaban J connectivity index is 2.02. The average Bonchev–Trinajstić information content (AvgIpc) is 2.48. The fraction of sp³-hybridized carbons (Fsp3) is 0.800. The lowest BCUT2D eigenvalue weighted by Crippen LogP contribution is -2.52. The monoisotopic (exact) mass is 288 g/mol. The minimum atomic E-state index is 0.126. The molecule has 0 amide bonds. The SMILES string of the molecule is C=C[C@@]1(C)CCC=C2C1CCC1[C@](C)(CO)CCC[C@@]21C. The van der Waals surface area contributed by atoms with Gasteiger partial charge in [0.15, 0.2) is 0 Å². The van der Waals surface area contributed by atoms with E-state index in [0.29, 0.717) is 23.9 Å². The van der Waals surface area contributed by atoms with Gasteiger partial charge < -0.3 is 5.11 Å². The topological polar surface area (TPSA) is 20.2 Å². The van der Waals surface area contributed by atoms with E-state index in [1.165, 1.54) is 44.9 Å². The van der Waals surface area contributed by atoms with Crippen molar-refractivity contribution in [2.75, 3.05) is 6.61 Å². The molecule has 0 saturated heterocycles. The summed E-state index contributed by atoms with van der Waals surface area (Å²) in [6.07, 6.45) is 13.6. The molecule has 2 unspecified atom stereocenters. The molecular formula is C20H32O. The van der Waals surface area contributed by atoms with Crippen molar-refractivity contribution in [3.05, 3.63) is 24.3 Å². The third-order valence-corrected chi connectivity index (χ3v) is 7.50. The Morgan fingerprint density at radius 2 is 2.00 bits per heavy atom. The number of fused-ring (bicyclic) bond motifs is 3. The molecule has 1 N–H and O–H groups in total. The Kier molecular flexibility index (Phi) is 3.64. The van der Waals surface area contributed by atoms with E-state index in [1.807, 2.05) is 0 Å². The number of rotatable bonds is 2. The van der Waals surface area contributed by atoms with Crippen LogP contribution in [0.15, 0.2) is 24.3 Å². The standard InChI is InChI=1S/C20H32O/c1-5-18(2)11-6-8-16-15(18)9-10-17-19(3,14-21)12-7-13-20(16,17)4/h5,8,15,17,21H,1,6-7,9-14H2,2-4H3/t15?,17?,18-,19-,20-/m0/s1. The van der Waals surface area contributed by atoms with Crippen LogP contribution in [0.1, 0.15) is 65.7 Å². The summed E-state index contributed by atoms with van der Waals surface area (Å²) in [7, 11) is 0. The molecule has 2 fully saturated rings. The van der Waals surface area contributed by atoms with E-state index in [9.17, 15) is 5.11 Å². The molecule has 3 aliphatic rings. The summed E-state index contributed by atoms with van der Waals surface area (Å²) >= 11 is 0. The quantitative estimate of drug-likeness (QED) is 0.700. The highest BCUT2D eigenvalue weighted by Crippen LogP contribution is 2.64. The second-order valence-electron chi connectivity index (χ2n) is 8.67. The fourth-order valence-corrected chi connectivity index (χ4v) is 6.08. The zero-order valence-corrected chi connectivity index (χ0v) is 14.1. The minimum absolute atomic E-state index is 0.126. The number of allylic oxidation sites excluding steroid dienone is 3. The molecule has 3 rings (SSSR count). The molecule has 0 aromatic rings. The van der Waals surface area contributed by atoms with E-state index < -0.39 is 0 Å². The molecule has 0 bridgehead atoms. The van der Waals surface area contributed by atoms with Crippen LogP contribution in [-0.2, 0) is 0 Å². The molecule has 0 aromatic carbocycles. The lowest BCUT2D eigenvalue weighted by molar-refractivity contribution is -0.0618. The molecule has 0 radical (unpaired) electrons. The first-order valence-corrected chi connectivity index (χ1v) is 8.85. The van der Waals surface area contributed by atoms with Crippen molar-refractivity contribution in [2.24, 2.45) is 28.1 Å². The van der Waals surface area contributed by atoms with Crippen molar-refractivity contribution in [3.63, 3.8) is 0 Å². The van der Waals surface area contributed by atoms with Gasteiger partial charge in [-0.2, -0.15) is 0 Å². The first-order valence-electron chi connectivity index (χ1n) is 8.85. The minimum Gasteiger partial charge on any atom is -0.396 e. The molecule has 0 aromatic heterocycles. The largest absolute Gasteiger partial charge is 0.396 e. The van der Waals surface area contributed by atoms with Crippen LogP contribution in [0.3, 0.4) is 0 Å². The summed E-state index contributed by atoms with van der Waals surface area (Å²) in [5.74, 6) is 1.34. The van der Waals surface area contributed by atoms with Gasteiger partial charge >= 0.3 is 0 Å². The second-order valence-corrected chi connectivity index (χ2v) is 8.67. The highest BCUT2D eigenvalue weighted by molar-refractivity contribution is 5.30. The first kappa shape index (κ1) is 15.3. The third-order valence-electron chi connectivity index (χ3n) is 7.50. The van der Waals surface area contributed by atoms with Crippen LogP contribution < -0.4 is 0 Å². The van der Waals surface area contributed by atoms with Crippen LogP contribution in [0.25, 0.3) is 0 Å². The lowest BCUT2D eigenvalue weighted by Gasteiger charge is -2.60. The number of hydrogen-bond donors (Lipinski definition) is 1. The highest BCUT2D eigenvalue weighted by Gasteiger charge is 2.56. The van der Waals surface area contributed by atoms with Gasteiger partial charge in [-0.05, 0) is 66.6 Å². The van der Waals surface area contributed by atoms with Gasteiger partial charge in [0.05, 0.1) is 0 Å². The molecule has 21 heavy (non-hydrogen) atoms. The van der Waals surface area contributed by atoms with Gasteiger partial charge in [0.2, 0.25) is 0 Å². The van der Waals surface area contributed by atoms with Gasteiger partial charge in [-0.1, -0.05) is 44.9 Å². The van der Waals surface area contributed by atoms with E-state index in [1.54, 1.807) is 5.57 Å². The third kappa shape index (κ3) is 2.07. The van der Waals surface area contributed by atoms with Crippen molar-refractivity contribution in [3.8, 4) is 0 Å². The molecular weight excluding hydrogens is 256 g/mol. The summed E-state index contributed by atoms with van der Waals surface area (Å²) in [5, 5.41) is 10.0. The van der Waals surface area contributed by atoms with E-state index in [0.717, 1.165) is 0 Å². The van der Waals surface area contributed by atoms with Crippen molar-refractivity contribution in [1.82, 2.24) is 0 Å². The maximum atomic E-state index is 10.0. The Morgan fingerprint density at radius 3 is 2.67 bits per heavy atom. The lowest BCUT2D eigenvalue weighted by atomic mass is 9.44. The smallest absolute Gasteiger partial charge is 0.0487 e. The van der Waals surface area contributed by atoms with Crippen LogP contribution >= 0.6 is 0 Å². The second kappa shape index (κ2) is 4.98. The number of aliphatic hydroxyl groups excluding tert-OH is 1. The summed E-state index contributed by atoms with van der Waals surface area (Å²) in [5.41, 5.74) is 2.43. The number of aliphatic hydroxyl groups is 1. The maximum absolute atomic E-state index is 10.0. The van der Waals surface area contributed by atoms with Crippen molar-refractivity contribution in [1.29, 1.82) is 0 Å². The summed E-state index contributed by atoms with van der Waals surface area (Å²) < 4.78 is 0. The Hall–Kier alpha value is -0.560. The van der Waals surface area contributed by atoms with Crippen LogP contribution in [-0.4, -0.2) is 11.7 Å². The average molecular weight is 288 g/mol. The summed E-state index contributed by atoms with van der Waals surface area (Å²) in [4.78, 5) is 0. The van der Waals surface area contributed by atoms with E-state index in [-0.39, 0.29) is 10.8 Å². The zero-order valence-electron chi connectivity index (χ0n) is 14.1. The van der Waals surface area contributed by atoms with Crippen LogP contribution in [0, 0.1) is 28.1 Å². The molecule has 0 spiro atoms. The summed E-state index contributed by atoms with van der Waals surface area (Å²) in [6, 6.07) is 0. The van der Waals surface area contributed by atoms with E-state index in [2.05, 4.69) is 39.5 Å². The van der Waals surface area contributed by atoms with Crippen molar-refractivity contribution >= 4 is 0 Å². The van der Waals surface area contributed by atoms with Gasteiger partial charge in [0.25, 0.3) is 0 Å². The Bertz CT molecular complexity index is 464. The molecule has 5 atom stereocenters. The highest BCUT2D eigenvalue weighted by atomic mass is 16.3. The van der Waals surface area contributed by atoms with Gasteiger partial charge in [-0.25, -0.2) is 0 Å². The molecule has 1 heteroatoms. The van der Waals surface area contributed by atoms with Crippen LogP contribution in [0.2, 0.25) is 0 Å². The maximum Gasteiger partial charge on any atom is 0.0487 e. The van der Waals surface area contributed by atoms with E-state index in [4.69, 9.17) is 0 Å². The fourth-order valence-electron chi connectivity index (χ4n) is 6.08. The summed E-state index contributed by atoms with van der Waals surface area (Å²) in [6.45, 7) is 11.7. The van der Waals surface area contributed by atoms with Crippen molar-refractivity contribution < 1.29 is 5.11 Å².